The first-order valence-corrected chi connectivity index (χ1v) is 6.89. The SMILES string of the molecule is CCCN(Cc1cccc(CNCC)n1)CC(F)(F)F. The molecule has 0 saturated heterocycles. The standard InChI is InChI=1S/C14H22F3N3/c1-3-8-20(11-14(15,16)17)10-13-7-5-6-12(19-13)9-18-4-2/h5-7,18H,3-4,8-11H2,1-2H3. The maximum atomic E-state index is 12.5. The maximum absolute atomic E-state index is 12.5. The van der Waals surface area contributed by atoms with Crippen molar-refractivity contribution in [3.8, 4) is 0 Å². The summed E-state index contributed by atoms with van der Waals surface area (Å²) in [4.78, 5) is 5.78. The Morgan fingerprint density at radius 1 is 1.20 bits per heavy atom. The topological polar surface area (TPSA) is 28.2 Å². The van der Waals surface area contributed by atoms with Gasteiger partial charge in [-0.25, -0.2) is 0 Å². The molecule has 1 aromatic rings. The molecule has 114 valence electrons. The van der Waals surface area contributed by atoms with Crippen LogP contribution >= 0.6 is 0 Å². The predicted octanol–water partition coefficient (Wildman–Crippen LogP) is 2.97. The Bertz CT molecular complexity index is 393. The number of pyridine rings is 1. The van der Waals surface area contributed by atoms with Crippen LogP contribution in [0.1, 0.15) is 31.7 Å². The van der Waals surface area contributed by atoms with E-state index in [1.54, 1.807) is 6.07 Å². The molecule has 0 aliphatic carbocycles. The van der Waals surface area contributed by atoms with Crippen molar-refractivity contribution in [2.45, 2.75) is 39.5 Å². The van der Waals surface area contributed by atoms with Crippen molar-refractivity contribution in [1.29, 1.82) is 0 Å². The van der Waals surface area contributed by atoms with E-state index in [1.807, 2.05) is 26.0 Å². The molecule has 0 amide bonds. The van der Waals surface area contributed by atoms with Gasteiger partial charge in [0, 0.05) is 13.1 Å². The summed E-state index contributed by atoms with van der Waals surface area (Å²) in [6, 6.07) is 5.49. The third-order valence-corrected chi connectivity index (χ3v) is 2.75. The molecular formula is C14H22F3N3. The molecule has 20 heavy (non-hydrogen) atoms. The smallest absolute Gasteiger partial charge is 0.311 e. The van der Waals surface area contributed by atoms with Gasteiger partial charge in [0.1, 0.15) is 0 Å². The van der Waals surface area contributed by atoms with E-state index in [2.05, 4.69) is 10.3 Å². The molecule has 1 heterocycles. The Labute approximate surface area is 118 Å². The summed E-state index contributed by atoms with van der Waals surface area (Å²) >= 11 is 0. The van der Waals surface area contributed by atoms with Gasteiger partial charge >= 0.3 is 6.18 Å². The molecule has 0 saturated carbocycles. The fraction of sp³-hybridized carbons (Fsp3) is 0.643. The number of alkyl halides is 3. The zero-order valence-electron chi connectivity index (χ0n) is 12.0. The summed E-state index contributed by atoms with van der Waals surface area (Å²) in [5, 5.41) is 3.15. The first-order chi connectivity index (χ1) is 9.44. The molecule has 0 bridgehead atoms. The number of rotatable bonds is 8. The van der Waals surface area contributed by atoms with Gasteiger partial charge < -0.3 is 5.32 Å². The van der Waals surface area contributed by atoms with Gasteiger partial charge in [-0.15, -0.1) is 0 Å². The van der Waals surface area contributed by atoms with Gasteiger partial charge in [0.05, 0.1) is 17.9 Å². The molecule has 1 N–H and O–H groups in total. The number of hydrogen-bond donors (Lipinski definition) is 1. The summed E-state index contributed by atoms with van der Waals surface area (Å²) in [7, 11) is 0. The highest BCUT2D eigenvalue weighted by Gasteiger charge is 2.30. The first-order valence-electron chi connectivity index (χ1n) is 6.89. The molecule has 0 aliphatic rings. The second-order valence-corrected chi connectivity index (χ2v) is 4.73. The summed E-state index contributed by atoms with van der Waals surface area (Å²) in [6.07, 6.45) is -3.48. The average Bonchev–Trinajstić information content (AvgIpc) is 2.35. The lowest BCUT2D eigenvalue weighted by atomic mass is 10.2. The molecule has 0 aromatic carbocycles. The lowest BCUT2D eigenvalue weighted by molar-refractivity contribution is -0.147. The molecule has 0 unspecified atom stereocenters. The number of hydrogen-bond acceptors (Lipinski definition) is 3. The Kier molecular flexibility index (Phi) is 6.95. The van der Waals surface area contributed by atoms with E-state index in [9.17, 15) is 13.2 Å². The zero-order valence-corrected chi connectivity index (χ0v) is 12.0. The van der Waals surface area contributed by atoms with E-state index in [-0.39, 0.29) is 6.54 Å². The summed E-state index contributed by atoms with van der Waals surface area (Å²) in [6.45, 7) is 5.10. The highest BCUT2D eigenvalue weighted by Crippen LogP contribution is 2.18. The second kappa shape index (κ2) is 8.21. The first kappa shape index (κ1) is 16.9. The minimum Gasteiger partial charge on any atom is -0.311 e. The number of halogens is 3. The van der Waals surface area contributed by atoms with Crippen LogP contribution in [0.4, 0.5) is 13.2 Å². The van der Waals surface area contributed by atoms with Crippen LogP contribution in [-0.4, -0.2) is 35.7 Å². The van der Waals surface area contributed by atoms with Crippen molar-refractivity contribution >= 4 is 0 Å². The Morgan fingerprint density at radius 2 is 1.90 bits per heavy atom. The average molecular weight is 289 g/mol. The van der Waals surface area contributed by atoms with Crippen LogP contribution in [0.3, 0.4) is 0 Å². The van der Waals surface area contributed by atoms with Crippen LogP contribution < -0.4 is 5.32 Å². The molecule has 1 rings (SSSR count). The molecule has 0 spiro atoms. The van der Waals surface area contributed by atoms with Crippen LogP contribution in [-0.2, 0) is 13.1 Å². The predicted molar refractivity (Wildman–Crippen MR) is 73.2 cm³/mol. The van der Waals surface area contributed by atoms with Crippen molar-refractivity contribution in [3.63, 3.8) is 0 Å². The Morgan fingerprint density at radius 3 is 2.50 bits per heavy atom. The lowest BCUT2D eigenvalue weighted by Crippen LogP contribution is -2.34. The number of aromatic nitrogens is 1. The molecule has 6 heteroatoms. The van der Waals surface area contributed by atoms with Crippen LogP contribution in [0.2, 0.25) is 0 Å². The summed E-state index contributed by atoms with van der Waals surface area (Å²) in [5.74, 6) is 0. The van der Waals surface area contributed by atoms with E-state index < -0.39 is 12.7 Å². The number of nitrogens with zero attached hydrogens (tertiary/aromatic N) is 2. The Balaban J connectivity index is 2.67. The molecule has 0 fully saturated rings. The normalized spacial score (nSPS) is 12.1. The van der Waals surface area contributed by atoms with E-state index in [1.165, 1.54) is 4.90 Å². The maximum Gasteiger partial charge on any atom is 0.401 e. The van der Waals surface area contributed by atoms with Crippen molar-refractivity contribution in [2.75, 3.05) is 19.6 Å². The molecule has 1 aromatic heterocycles. The summed E-state index contributed by atoms with van der Waals surface area (Å²) in [5.41, 5.74) is 1.53. The minimum atomic E-state index is -4.17. The van der Waals surface area contributed by atoms with E-state index in [4.69, 9.17) is 0 Å². The van der Waals surface area contributed by atoms with Crippen molar-refractivity contribution in [1.82, 2.24) is 15.2 Å². The second-order valence-electron chi connectivity index (χ2n) is 4.73. The van der Waals surface area contributed by atoms with Crippen molar-refractivity contribution in [3.05, 3.63) is 29.6 Å². The quantitative estimate of drug-likeness (QED) is 0.797. The van der Waals surface area contributed by atoms with Gasteiger partial charge in [-0.2, -0.15) is 13.2 Å². The van der Waals surface area contributed by atoms with E-state index in [0.717, 1.165) is 12.2 Å². The fourth-order valence-corrected chi connectivity index (χ4v) is 1.98. The van der Waals surface area contributed by atoms with Crippen molar-refractivity contribution in [2.24, 2.45) is 0 Å². The van der Waals surface area contributed by atoms with E-state index in [0.29, 0.717) is 25.2 Å². The Hall–Kier alpha value is -1.14. The highest BCUT2D eigenvalue weighted by molar-refractivity contribution is 5.11. The minimum absolute atomic E-state index is 0.229. The molecular weight excluding hydrogens is 267 g/mol. The zero-order chi connectivity index (χ0) is 15.0. The van der Waals surface area contributed by atoms with Crippen LogP contribution in [0, 0.1) is 0 Å². The third-order valence-electron chi connectivity index (χ3n) is 2.75. The fourth-order valence-electron chi connectivity index (χ4n) is 1.98. The van der Waals surface area contributed by atoms with Gasteiger partial charge in [0.15, 0.2) is 0 Å². The molecule has 0 atom stereocenters. The molecule has 0 radical (unpaired) electrons. The van der Waals surface area contributed by atoms with Gasteiger partial charge in [-0.1, -0.05) is 19.9 Å². The molecule has 3 nitrogen and oxygen atoms in total. The summed E-state index contributed by atoms with van der Waals surface area (Å²) < 4.78 is 37.5. The van der Waals surface area contributed by atoms with Gasteiger partial charge in [0.2, 0.25) is 0 Å². The monoisotopic (exact) mass is 289 g/mol. The van der Waals surface area contributed by atoms with Crippen LogP contribution in [0.15, 0.2) is 18.2 Å². The largest absolute Gasteiger partial charge is 0.401 e. The van der Waals surface area contributed by atoms with Gasteiger partial charge in [-0.3, -0.25) is 9.88 Å². The van der Waals surface area contributed by atoms with Crippen LogP contribution in [0.25, 0.3) is 0 Å². The molecule has 0 aliphatic heterocycles. The highest BCUT2D eigenvalue weighted by atomic mass is 19.4. The van der Waals surface area contributed by atoms with Gasteiger partial charge in [0.25, 0.3) is 0 Å². The number of nitrogens with one attached hydrogen (secondary N) is 1. The van der Waals surface area contributed by atoms with Crippen molar-refractivity contribution < 1.29 is 13.2 Å². The van der Waals surface area contributed by atoms with Gasteiger partial charge in [-0.05, 0) is 31.6 Å². The lowest BCUT2D eigenvalue weighted by Gasteiger charge is -2.22. The van der Waals surface area contributed by atoms with E-state index >= 15 is 0 Å². The third kappa shape index (κ3) is 6.86. The van der Waals surface area contributed by atoms with Crippen LogP contribution in [0.5, 0.6) is 0 Å².